The van der Waals surface area contributed by atoms with Gasteiger partial charge in [-0.05, 0) is 40.6 Å². The molecule has 2 aromatic rings. The molecule has 114 valence electrons. The number of carbonyl (C=O) groups excluding carboxylic acids is 1. The van der Waals surface area contributed by atoms with Gasteiger partial charge >= 0.3 is 0 Å². The third-order valence-corrected chi connectivity index (χ3v) is 3.70. The van der Waals surface area contributed by atoms with Crippen molar-refractivity contribution in [1.29, 1.82) is 0 Å². The largest absolute Gasteiger partial charge is 0.356 e. The Balaban J connectivity index is 0.00000220. The molecule has 6 heteroatoms. The lowest BCUT2D eigenvalue weighted by Gasteiger charge is -2.21. The van der Waals surface area contributed by atoms with Crippen LogP contribution in [0.3, 0.4) is 0 Å². The van der Waals surface area contributed by atoms with E-state index in [2.05, 4.69) is 39.7 Å². The number of hydrogen-bond acceptors (Lipinski definition) is 2. The van der Waals surface area contributed by atoms with Crippen LogP contribution >= 0.6 is 35.0 Å². The van der Waals surface area contributed by atoms with Gasteiger partial charge < -0.3 is 15.6 Å². The Hall–Kier alpha value is -1.05. The van der Waals surface area contributed by atoms with E-state index >= 15 is 0 Å². The number of rotatable bonds is 6. The van der Waals surface area contributed by atoms with Gasteiger partial charge in [-0.25, -0.2) is 0 Å². The van der Waals surface area contributed by atoms with Crippen molar-refractivity contribution in [3.05, 3.63) is 57.4 Å². The fraction of sp³-hybridized carbons (Fsp3) is 0.267. The first kappa shape index (κ1) is 18.0. The Morgan fingerprint density at radius 3 is 2.52 bits per heavy atom. The molecule has 0 saturated heterocycles. The first-order valence-corrected chi connectivity index (χ1v) is 7.66. The molecular weight excluding hydrogens is 401 g/mol. The number of carbonyl (C=O) groups is 1. The number of H-pyrrole nitrogens is 1. The van der Waals surface area contributed by atoms with E-state index in [1.54, 1.807) is 4.90 Å². The molecule has 1 heterocycles. The standard InChI is InChI=1S/C15H18IN3O.ClH/c16-13-10-14(18-11-13)15(20)19(9-7-17)8-6-12-4-2-1-3-5-12;/h1-5,10-11,18H,6-9,17H2;1H. The molecule has 0 aliphatic heterocycles. The number of nitrogens with zero attached hydrogens (tertiary/aromatic N) is 1. The summed E-state index contributed by atoms with van der Waals surface area (Å²) in [6.45, 7) is 1.72. The minimum atomic E-state index is 0. The quantitative estimate of drug-likeness (QED) is 0.707. The van der Waals surface area contributed by atoms with Crippen LogP contribution in [-0.4, -0.2) is 35.4 Å². The van der Waals surface area contributed by atoms with Crippen LogP contribution in [0.15, 0.2) is 42.6 Å². The summed E-state index contributed by atoms with van der Waals surface area (Å²) < 4.78 is 1.03. The summed E-state index contributed by atoms with van der Waals surface area (Å²) in [6, 6.07) is 12.0. The molecule has 1 amide bonds. The Labute approximate surface area is 144 Å². The van der Waals surface area contributed by atoms with Gasteiger partial charge in [0.25, 0.3) is 5.91 Å². The van der Waals surface area contributed by atoms with E-state index in [0.29, 0.717) is 25.3 Å². The predicted molar refractivity (Wildman–Crippen MR) is 95.9 cm³/mol. The topological polar surface area (TPSA) is 62.1 Å². The van der Waals surface area contributed by atoms with Crippen molar-refractivity contribution in [3.63, 3.8) is 0 Å². The van der Waals surface area contributed by atoms with Gasteiger partial charge in [-0.1, -0.05) is 30.3 Å². The number of aromatic nitrogens is 1. The molecule has 21 heavy (non-hydrogen) atoms. The molecule has 2 rings (SSSR count). The molecule has 0 spiro atoms. The van der Waals surface area contributed by atoms with Crippen molar-refractivity contribution >= 4 is 40.9 Å². The number of amides is 1. The van der Waals surface area contributed by atoms with Crippen LogP contribution < -0.4 is 5.73 Å². The first-order chi connectivity index (χ1) is 9.70. The minimum absolute atomic E-state index is 0. The molecule has 0 saturated carbocycles. The number of aromatic amines is 1. The second-order valence-electron chi connectivity index (χ2n) is 4.55. The smallest absolute Gasteiger partial charge is 0.270 e. The monoisotopic (exact) mass is 419 g/mol. The molecular formula is C15H19ClIN3O. The SMILES string of the molecule is Cl.NCCN(CCc1ccccc1)C(=O)c1cc(I)c[nH]1. The fourth-order valence-corrected chi connectivity index (χ4v) is 2.51. The summed E-state index contributed by atoms with van der Waals surface area (Å²) in [4.78, 5) is 17.2. The lowest BCUT2D eigenvalue weighted by molar-refractivity contribution is 0.0757. The normalized spacial score (nSPS) is 10.0. The molecule has 0 unspecified atom stereocenters. The maximum Gasteiger partial charge on any atom is 0.270 e. The van der Waals surface area contributed by atoms with Gasteiger partial charge in [0.1, 0.15) is 5.69 Å². The van der Waals surface area contributed by atoms with Crippen LogP contribution in [0.4, 0.5) is 0 Å². The molecule has 0 atom stereocenters. The summed E-state index contributed by atoms with van der Waals surface area (Å²) in [5.74, 6) is 0.00861. The third kappa shape index (κ3) is 5.33. The lowest BCUT2D eigenvalue weighted by Crippen LogP contribution is -2.37. The molecule has 0 bridgehead atoms. The average molecular weight is 420 g/mol. The van der Waals surface area contributed by atoms with Crippen LogP contribution in [0, 0.1) is 3.57 Å². The van der Waals surface area contributed by atoms with Crippen molar-refractivity contribution < 1.29 is 4.79 Å². The number of benzene rings is 1. The van der Waals surface area contributed by atoms with E-state index in [1.165, 1.54) is 5.56 Å². The molecule has 0 radical (unpaired) electrons. The third-order valence-electron chi connectivity index (χ3n) is 3.08. The van der Waals surface area contributed by atoms with Crippen molar-refractivity contribution in [2.75, 3.05) is 19.6 Å². The zero-order valence-electron chi connectivity index (χ0n) is 11.6. The van der Waals surface area contributed by atoms with Gasteiger partial charge in [-0.3, -0.25) is 4.79 Å². The number of hydrogen-bond donors (Lipinski definition) is 2. The lowest BCUT2D eigenvalue weighted by atomic mass is 10.1. The first-order valence-electron chi connectivity index (χ1n) is 6.58. The van der Waals surface area contributed by atoms with E-state index in [1.807, 2.05) is 30.5 Å². The number of halogens is 2. The van der Waals surface area contributed by atoms with E-state index in [0.717, 1.165) is 9.99 Å². The van der Waals surface area contributed by atoms with E-state index < -0.39 is 0 Å². The molecule has 1 aromatic heterocycles. The predicted octanol–water partition coefficient (Wildman–Crippen LogP) is 2.68. The Morgan fingerprint density at radius 1 is 1.24 bits per heavy atom. The summed E-state index contributed by atoms with van der Waals surface area (Å²) >= 11 is 2.18. The van der Waals surface area contributed by atoms with Gasteiger partial charge in [0.05, 0.1) is 0 Å². The minimum Gasteiger partial charge on any atom is -0.356 e. The summed E-state index contributed by atoms with van der Waals surface area (Å²) in [7, 11) is 0. The van der Waals surface area contributed by atoms with E-state index in [-0.39, 0.29) is 18.3 Å². The molecule has 4 nitrogen and oxygen atoms in total. The van der Waals surface area contributed by atoms with Crippen molar-refractivity contribution in [2.24, 2.45) is 5.73 Å². The van der Waals surface area contributed by atoms with Gasteiger partial charge in [-0.2, -0.15) is 0 Å². The number of nitrogens with two attached hydrogens (primary N) is 1. The average Bonchev–Trinajstić information content (AvgIpc) is 2.90. The van der Waals surface area contributed by atoms with Crippen LogP contribution in [0.5, 0.6) is 0 Å². The van der Waals surface area contributed by atoms with Crippen LogP contribution in [0.25, 0.3) is 0 Å². The van der Waals surface area contributed by atoms with Crippen LogP contribution in [0.1, 0.15) is 16.1 Å². The molecule has 0 fully saturated rings. The van der Waals surface area contributed by atoms with Crippen molar-refractivity contribution in [1.82, 2.24) is 9.88 Å². The van der Waals surface area contributed by atoms with Crippen molar-refractivity contribution in [2.45, 2.75) is 6.42 Å². The van der Waals surface area contributed by atoms with Crippen molar-refractivity contribution in [3.8, 4) is 0 Å². The van der Waals surface area contributed by atoms with Gasteiger partial charge in [0.2, 0.25) is 0 Å². The zero-order chi connectivity index (χ0) is 14.4. The Bertz CT molecular complexity index is 559. The second kappa shape index (κ2) is 9.07. The Kier molecular flexibility index (Phi) is 7.77. The molecule has 0 aliphatic carbocycles. The molecule has 1 aromatic carbocycles. The second-order valence-corrected chi connectivity index (χ2v) is 5.79. The van der Waals surface area contributed by atoms with E-state index in [9.17, 15) is 4.79 Å². The highest BCUT2D eigenvalue weighted by Gasteiger charge is 2.16. The van der Waals surface area contributed by atoms with Gasteiger partial charge in [0.15, 0.2) is 0 Å². The van der Waals surface area contributed by atoms with E-state index in [4.69, 9.17) is 5.73 Å². The zero-order valence-corrected chi connectivity index (χ0v) is 14.6. The summed E-state index contributed by atoms with van der Waals surface area (Å²) in [5, 5.41) is 0. The maximum absolute atomic E-state index is 12.4. The highest BCUT2D eigenvalue weighted by atomic mass is 127. The number of nitrogens with one attached hydrogen (secondary N) is 1. The highest BCUT2D eigenvalue weighted by Crippen LogP contribution is 2.10. The Morgan fingerprint density at radius 2 is 1.95 bits per heavy atom. The van der Waals surface area contributed by atoms with Crippen LogP contribution in [-0.2, 0) is 6.42 Å². The summed E-state index contributed by atoms with van der Waals surface area (Å²) in [5.41, 5.74) is 7.46. The van der Waals surface area contributed by atoms with Gasteiger partial charge in [0, 0.05) is 29.4 Å². The highest BCUT2D eigenvalue weighted by molar-refractivity contribution is 14.1. The molecule has 3 N–H and O–H groups in total. The summed E-state index contributed by atoms with van der Waals surface area (Å²) in [6.07, 6.45) is 2.66. The molecule has 0 aliphatic rings. The maximum atomic E-state index is 12.4. The fourth-order valence-electron chi connectivity index (χ4n) is 2.04. The van der Waals surface area contributed by atoms with Gasteiger partial charge in [-0.15, -0.1) is 12.4 Å². The van der Waals surface area contributed by atoms with Crippen LogP contribution in [0.2, 0.25) is 0 Å².